The van der Waals surface area contributed by atoms with Gasteiger partial charge < -0.3 is 14.6 Å². The zero-order valence-corrected chi connectivity index (χ0v) is 29.0. The summed E-state index contributed by atoms with van der Waals surface area (Å²) < 4.78 is 7.34. The summed E-state index contributed by atoms with van der Waals surface area (Å²) in [6.45, 7) is 7.63. The smallest absolute Gasteiger partial charge is 0.317 e. The molecule has 48 heavy (non-hydrogen) atoms. The zero-order valence-electron chi connectivity index (χ0n) is 28.2. The van der Waals surface area contributed by atoms with Crippen molar-refractivity contribution in [2.24, 2.45) is 12.5 Å². The van der Waals surface area contributed by atoms with Crippen molar-refractivity contribution in [3.63, 3.8) is 0 Å². The number of anilines is 1. The number of aryl methyl sites for hydroxylation is 1. The molecule has 2 atom stereocenters. The van der Waals surface area contributed by atoms with Gasteiger partial charge in [0.2, 0.25) is 5.89 Å². The van der Waals surface area contributed by atoms with Gasteiger partial charge in [-0.15, -0.1) is 16.4 Å². The Morgan fingerprint density at radius 2 is 1.83 bits per heavy atom. The van der Waals surface area contributed by atoms with Gasteiger partial charge in [0.15, 0.2) is 0 Å². The van der Waals surface area contributed by atoms with E-state index >= 15 is 0 Å². The van der Waals surface area contributed by atoms with Crippen LogP contribution in [-0.4, -0.2) is 39.5 Å². The number of amides is 1. The number of likely N-dealkylation sites (N-methyl/N-ethyl adjacent to an activating group) is 1. The lowest BCUT2D eigenvalue weighted by atomic mass is 9.86. The standard InChI is InChI=1S/C38H42N6O3S/c1-6-8-30(39-34(46)25-13-11-24(12-14-25)29-17-20-33(45)44(5)42-29)32-19-18-31(48-32)27-9-7-10-28(21-27)38(22-37(38,2)3)23-43(4)36-41-40-35(47-36)26-15-16-26/h7,9-14,17-21,26,30H,6,8,15-16,22-23H2,1-5H3,(H,39,46). The van der Waals surface area contributed by atoms with Crippen LogP contribution in [0.2, 0.25) is 0 Å². The first kappa shape index (κ1) is 32.0. The first-order valence-electron chi connectivity index (χ1n) is 16.8. The normalized spacial score (nSPS) is 18.8. The van der Waals surface area contributed by atoms with E-state index in [1.165, 1.54) is 26.8 Å². The van der Waals surface area contributed by atoms with Gasteiger partial charge >= 0.3 is 6.01 Å². The molecule has 1 amide bonds. The summed E-state index contributed by atoms with van der Waals surface area (Å²) in [5, 5.41) is 16.3. The van der Waals surface area contributed by atoms with Crippen LogP contribution in [-0.2, 0) is 12.5 Å². The molecule has 0 spiro atoms. The van der Waals surface area contributed by atoms with Crippen LogP contribution in [0.15, 0.2) is 82.0 Å². The van der Waals surface area contributed by atoms with E-state index in [1.807, 2.05) is 24.3 Å². The van der Waals surface area contributed by atoms with E-state index in [0.717, 1.165) is 55.0 Å². The third kappa shape index (κ3) is 6.21. The Morgan fingerprint density at radius 3 is 2.52 bits per heavy atom. The molecule has 2 aliphatic carbocycles. The molecule has 10 heteroatoms. The summed E-state index contributed by atoms with van der Waals surface area (Å²) in [6, 6.07) is 24.3. The minimum absolute atomic E-state index is 0.0203. The van der Waals surface area contributed by atoms with Crippen LogP contribution in [0.25, 0.3) is 21.7 Å². The van der Waals surface area contributed by atoms with Gasteiger partial charge in [-0.1, -0.05) is 62.6 Å². The summed E-state index contributed by atoms with van der Waals surface area (Å²) in [4.78, 5) is 29.6. The van der Waals surface area contributed by atoms with Crippen molar-refractivity contribution >= 4 is 23.3 Å². The summed E-state index contributed by atoms with van der Waals surface area (Å²) in [5.41, 5.74) is 4.58. The number of carbonyl (C=O) groups excluding carboxylic acids is 1. The number of nitrogens with one attached hydrogen (secondary N) is 1. The van der Waals surface area contributed by atoms with Gasteiger partial charge in [0.25, 0.3) is 11.5 Å². The molecule has 2 unspecified atom stereocenters. The summed E-state index contributed by atoms with van der Waals surface area (Å²) in [7, 11) is 3.68. The Kier molecular flexibility index (Phi) is 8.31. The molecule has 2 saturated carbocycles. The molecule has 2 aliphatic rings. The monoisotopic (exact) mass is 662 g/mol. The van der Waals surface area contributed by atoms with Gasteiger partial charge in [0.1, 0.15) is 0 Å². The number of benzene rings is 2. The maximum Gasteiger partial charge on any atom is 0.317 e. The quantitative estimate of drug-likeness (QED) is 0.147. The SMILES string of the molecule is CCCC(NC(=O)c1ccc(-c2ccc(=O)n(C)n2)cc1)c1ccc(-c2cccc(C3(CN(C)c4nnc(C5CC5)o4)CC3(C)C)c2)s1. The molecule has 0 aliphatic heterocycles. The Balaban J connectivity index is 1.07. The maximum atomic E-state index is 13.4. The van der Waals surface area contributed by atoms with Crippen molar-refractivity contribution in [1.29, 1.82) is 0 Å². The minimum atomic E-state index is -0.163. The first-order valence-corrected chi connectivity index (χ1v) is 17.6. The van der Waals surface area contributed by atoms with Gasteiger partial charge in [0, 0.05) is 58.9 Å². The molecule has 0 saturated heterocycles. The third-order valence-electron chi connectivity index (χ3n) is 10.1. The molecule has 5 aromatic rings. The Hall–Kier alpha value is -4.57. The average Bonchev–Trinajstić information content (AvgIpc) is 3.84. The van der Waals surface area contributed by atoms with E-state index in [0.29, 0.717) is 23.2 Å². The first-order chi connectivity index (χ1) is 23.1. The molecule has 3 heterocycles. The van der Waals surface area contributed by atoms with E-state index in [9.17, 15) is 9.59 Å². The molecule has 248 valence electrons. The number of rotatable bonds is 12. The van der Waals surface area contributed by atoms with E-state index < -0.39 is 0 Å². The maximum absolute atomic E-state index is 13.4. The third-order valence-corrected chi connectivity index (χ3v) is 11.3. The molecular formula is C38H42N6O3S. The highest BCUT2D eigenvalue weighted by Gasteiger charge is 2.62. The van der Waals surface area contributed by atoms with Crippen LogP contribution in [0.4, 0.5) is 6.01 Å². The number of nitrogens with zero attached hydrogens (tertiary/aromatic N) is 5. The number of hydrogen-bond acceptors (Lipinski definition) is 8. The lowest BCUT2D eigenvalue weighted by Gasteiger charge is -2.27. The van der Waals surface area contributed by atoms with Crippen LogP contribution < -0.4 is 15.8 Å². The summed E-state index contributed by atoms with van der Waals surface area (Å²) in [6.07, 6.45) is 5.14. The average molecular weight is 663 g/mol. The Bertz CT molecular complexity index is 2010. The molecular weight excluding hydrogens is 621 g/mol. The molecule has 9 nitrogen and oxygen atoms in total. The molecule has 2 aromatic carbocycles. The van der Waals surface area contributed by atoms with Crippen molar-refractivity contribution in [2.75, 3.05) is 18.5 Å². The van der Waals surface area contributed by atoms with Crippen LogP contribution in [0.5, 0.6) is 0 Å². The fourth-order valence-electron chi connectivity index (χ4n) is 6.84. The molecule has 0 bridgehead atoms. The zero-order chi connectivity index (χ0) is 33.6. The lowest BCUT2D eigenvalue weighted by molar-refractivity contribution is 0.0935. The second-order valence-corrected chi connectivity index (χ2v) is 15.2. The van der Waals surface area contributed by atoms with Crippen molar-refractivity contribution in [3.8, 4) is 21.7 Å². The van der Waals surface area contributed by atoms with Crippen LogP contribution >= 0.6 is 11.3 Å². The van der Waals surface area contributed by atoms with Gasteiger partial charge in [-0.3, -0.25) is 9.59 Å². The summed E-state index contributed by atoms with van der Waals surface area (Å²) >= 11 is 1.74. The van der Waals surface area contributed by atoms with Crippen molar-refractivity contribution < 1.29 is 9.21 Å². The van der Waals surface area contributed by atoms with E-state index in [1.54, 1.807) is 24.5 Å². The number of thiophene rings is 1. The molecule has 3 aromatic heterocycles. The highest BCUT2D eigenvalue weighted by molar-refractivity contribution is 7.15. The largest absolute Gasteiger partial charge is 0.408 e. The summed E-state index contributed by atoms with van der Waals surface area (Å²) in [5.74, 6) is 1.09. The number of aromatic nitrogens is 4. The van der Waals surface area contributed by atoms with Gasteiger partial charge in [-0.25, -0.2) is 4.68 Å². The van der Waals surface area contributed by atoms with Crippen molar-refractivity contribution in [2.45, 2.75) is 70.3 Å². The van der Waals surface area contributed by atoms with E-state index in [4.69, 9.17) is 4.42 Å². The fourth-order valence-corrected chi connectivity index (χ4v) is 7.93. The van der Waals surface area contributed by atoms with Crippen LogP contribution in [0, 0.1) is 5.41 Å². The second kappa shape index (κ2) is 12.5. The Labute approximate surface area is 285 Å². The van der Waals surface area contributed by atoms with Crippen LogP contribution in [0.3, 0.4) is 0 Å². The highest BCUT2D eigenvalue weighted by atomic mass is 32.1. The van der Waals surface area contributed by atoms with Crippen LogP contribution in [0.1, 0.15) is 91.5 Å². The number of hydrogen-bond donors (Lipinski definition) is 1. The Morgan fingerprint density at radius 1 is 1.06 bits per heavy atom. The van der Waals surface area contributed by atoms with E-state index in [2.05, 4.69) is 89.7 Å². The predicted octanol–water partition coefficient (Wildman–Crippen LogP) is 7.51. The van der Waals surface area contributed by atoms with Gasteiger partial charge in [0.05, 0.1) is 11.7 Å². The molecule has 2 fully saturated rings. The number of carbonyl (C=O) groups is 1. The van der Waals surface area contributed by atoms with Crippen molar-refractivity contribution in [1.82, 2.24) is 25.3 Å². The molecule has 0 radical (unpaired) electrons. The lowest BCUT2D eigenvalue weighted by Crippen LogP contribution is -2.32. The van der Waals surface area contributed by atoms with Gasteiger partial charge in [-0.05, 0) is 78.6 Å². The minimum Gasteiger partial charge on any atom is -0.408 e. The topological polar surface area (TPSA) is 106 Å². The van der Waals surface area contributed by atoms with Crippen molar-refractivity contribution in [3.05, 3.63) is 105 Å². The second-order valence-electron chi connectivity index (χ2n) is 14.1. The van der Waals surface area contributed by atoms with Gasteiger partial charge in [-0.2, -0.15) is 5.10 Å². The molecule has 1 N–H and O–H groups in total. The fraction of sp³-hybridized carbons (Fsp3) is 0.395. The molecule has 7 rings (SSSR count). The highest BCUT2D eigenvalue weighted by Crippen LogP contribution is 2.65. The predicted molar refractivity (Wildman–Crippen MR) is 189 cm³/mol. The van der Waals surface area contributed by atoms with E-state index in [-0.39, 0.29) is 28.3 Å².